The van der Waals surface area contributed by atoms with Gasteiger partial charge >= 0.3 is 0 Å². The molecule has 0 radical (unpaired) electrons. The van der Waals surface area contributed by atoms with E-state index >= 15 is 0 Å². The lowest BCUT2D eigenvalue weighted by molar-refractivity contribution is 0.0619. The number of H-pyrrole nitrogens is 2. The number of nitrogens with zero attached hydrogens (tertiary/aromatic N) is 4. The molecule has 3 heterocycles. The third-order valence-corrected chi connectivity index (χ3v) is 5.34. The molecule has 2 aromatic heterocycles. The molecule has 1 amide bonds. The maximum absolute atomic E-state index is 12.7. The summed E-state index contributed by atoms with van der Waals surface area (Å²) in [7, 11) is 0. The summed E-state index contributed by atoms with van der Waals surface area (Å²) in [5.74, 6) is 0.627. The number of carbonyl (C=O) groups is 1. The summed E-state index contributed by atoms with van der Waals surface area (Å²) < 4.78 is 0. The van der Waals surface area contributed by atoms with Crippen LogP contribution in [0.4, 0.5) is 0 Å². The van der Waals surface area contributed by atoms with Crippen LogP contribution in [-0.4, -0.2) is 62.1 Å². The fourth-order valence-corrected chi connectivity index (χ4v) is 3.66. The highest BCUT2D eigenvalue weighted by molar-refractivity contribution is 5.92. The monoisotopic (exact) mass is 394 g/mol. The van der Waals surface area contributed by atoms with Crippen LogP contribution >= 0.6 is 0 Å². The predicted molar refractivity (Wildman–Crippen MR) is 111 cm³/mol. The molecule has 0 saturated carbocycles. The SMILES string of the molecule is CCCCc1cc(C(=O)N2CCN(Cc3nc4ccccc4c(=O)[nH]3)CC2)n[nH]1. The van der Waals surface area contributed by atoms with Gasteiger partial charge in [-0.1, -0.05) is 25.5 Å². The molecule has 0 aliphatic carbocycles. The molecule has 2 N–H and O–H groups in total. The van der Waals surface area contributed by atoms with Crippen molar-refractivity contribution in [2.24, 2.45) is 0 Å². The van der Waals surface area contributed by atoms with Crippen LogP contribution in [0.2, 0.25) is 0 Å². The van der Waals surface area contributed by atoms with E-state index in [2.05, 4.69) is 32.0 Å². The molecule has 1 aromatic carbocycles. The summed E-state index contributed by atoms with van der Waals surface area (Å²) in [6.45, 7) is 5.43. The van der Waals surface area contributed by atoms with Gasteiger partial charge in [0.25, 0.3) is 11.5 Å². The molecule has 0 spiro atoms. The van der Waals surface area contributed by atoms with Crippen LogP contribution in [0.25, 0.3) is 10.9 Å². The molecule has 0 atom stereocenters. The Balaban J connectivity index is 1.35. The van der Waals surface area contributed by atoms with Crippen LogP contribution in [0.15, 0.2) is 35.1 Å². The Morgan fingerprint density at radius 2 is 1.97 bits per heavy atom. The summed E-state index contributed by atoms with van der Waals surface area (Å²) in [5, 5.41) is 7.76. The summed E-state index contributed by atoms with van der Waals surface area (Å²) in [4.78, 5) is 36.4. The van der Waals surface area contributed by atoms with Crippen molar-refractivity contribution in [1.29, 1.82) is 0 Å². The molecule has 1 aliphatic rings. The van der Waals surface area contributed by atoms with Crippen molar-refractivity contribution in [3.63, 3.8) is 0 Å². The first-order valence-corrected chi connectivity index (χ1v) is 10.2. The molecule has 0 unspecified atom stereocenters. The van der Waals surface area contributed by atoms with E-state index in [4.69, 9.17) is 0 Å². The first-order valence-electron chi connectivity index (χ1n) is 10.2. The van der Waals surface area contributed by atoms with E-state index in [1.165, 1.54) is 0 Å². The average molecular weight is 394 g/mol. The number of hydrogen-bond acceptors (Lipinski definition) is 5. The Hall–Kier alpha value is -3.00. The Kier molecular flexibility index (Phi) is 5.71. The molecule has 3 aromatic rings. The van der Waals surface area contributed by atoms with Crippen LogP contribution in [0.3, 0.4) is 0 Å². The van der Waals surface area contributed by atoms with E-state index in [-0.39, 0.29) is 11.5 Å². The van der Waals surface area contributed by atoms with Crippen molar-refractivity contribution in [3.8, 4) is 0 Å². The molecule has 8 nitrogen and oxygen atoms in total. The lowest BCUT2D eigenvalue weighted by atomic mass is 10.2. The van der Waals surface area contributed by atoms with E-state index in [0.29, 0.717) is 42.1 Å². The second-order valence-electron chi connectivity index (χ2n) is 7.48. The number of para-hydroxylation sites is 1. The highest BCUT2D eigenvalue weighted by Gasteiger charge is 2.24. The Morgan fingerprint density at radius 3 is 2.76 bits per heavy atom. The zero-order valence-electron chi connectivity index (χ0n) is 16.6. The molecule has 1 saturated heterocycles. The van der Waals surface area contributed by atoms with Crippen molar-refractivity contribution in [3.05, 3.63) is 57.9 Å². The van der Waals surface area contributed by atoms with E-state index in [0.717, 1.165) is 38.0 Å². The van der Waals surface area contributed by atoms with E-state index in [1.54, 1.807) is 6.07 Å². The first kappa shape index (κ1) is 19.3. The average Bonchev–Trinajstić information content (AvgIpc) is 3.21. The minimum atomic E-state index is -0.114. The molecule has 152 valence electrons. The van der Waals surface area contributed by atoms with Gasteiger partial charge in [-0.25, -0.2) is 4.98 Å². The van der Waals surface area contributed by atoms with Crippen LogP contribution in [-0.2, 0) is 13.0 Å². The van der Waals surface area contributed by atoms with Gasteiger partial charge in [0.15, 0.2) is 0 Å². The summed E-state index contributed by atoms with van der Waals surface area (Å²) in [6, 6.07) is 9.21. The molecular weight excluding hydrogens is 368 g/mol. The number of hydrogen-bond donors (Lipinski definition) is 2. The van der Waals surface area contributed by atoms with Gasteiger partial charge in [0.2, 0.25) is 0 Å². The maximum Gasteiger partial charge on any atom is 0.274 e. The number of aromatic nitrogens is 4. The molecule has 1 fully saturated rings. The van der Waals surface area contributed by atoms with Gasteiger partial charge in [-0.2, -0.15) is 5.10 Å². The largest absolute Gasteiger partial charge is 0.335 e. The number of piperazine rings is 1. The number of nitrogens with one attached hydrogen (secondary N) is 2. The molecule has 29 heavy (non-hydrogen) atoms. The number of fused-ring (bicyclic) bond motifs is 1. The Labute approximate surface area is 168 Å². The number of benzene rings is 1. The fourth-order valence-electron chi connectivity index (χ4n) is 3.66. The van der Waals surface area contributed by atoms with E-state index in [1.807, 2.05) is 29.2 Å². The topological polar surface area (TPSA) is 98.0 Å². The van der Waals surface area contributed by atoms with Crippen molar-refractivity contribution in [2.45, 2.75) is 32.7 Å². The molecule has 8 heteroatoms. The lowest BCUT2D eigenvalue weighted by Gasteiger charge is -2.34. The van der Waals surface area contributed by atoms with Gasteiger partial charge in [0.1, 0.15) is 11.5 Å². The van der Waals surface area contributed by atoms with E-state index < -0.39 is 0 Å². The summed E-state index contributed by atoms with van der Waals surface area (Å²) >= 11 is 0. The third kappa shape index (κ3) is 4.37. The molecule has 4 rings (SSSR count). The Bertz CT molecular complexity index is 1050. The van der Waals surface area contributed by atoms with Gasteiger partial charge in [-0.15, -0.1) is 0 Å². The maximum atomic E-state index is 12.7. The van der Waals surface area contributed by atoms with Gasteiger partial charge < -0.3 is 9.88 Å². The number of aryl methyl sites for hydroxylation is 1. The second-order valence-corrected chi connectivity index (χ2v) is 7.48. The van der Waals surface area contributed by atoms with Crippen LogP contribution in [0, 0.1) is 0 Å². The Morgan fingerprint density at radius 1 is 1.17 bits per heavy atom. The van der Waals surface area contributed by atoms with Gasteiger partial charge in [0.05, 0.1) is 17.4 Å². The first-order chi connectivity index (χ1) is 14.1. The lowest BCUT2D eigenvalue weighted by Crippen LogP contribution is -2.48. The van der Waals surface area contributed by atoms with Crippen molar-refractivity contribution < 1.29 is 4.79 Å². The predicted octanol–water partition coefficient (Wildman–Crippen LogP) is 1.95. The van der Waals surface area contributed by atoms with Crippen LogP contribution < -0.4 is 5.56 Å². The number of amides is 1. The fraction of sp³-hybridized carbons (Fsp3) is 0.429. The summed E-state index contributed by atoms with van der Waals surface area (Å²) in [6.07, 6.45) is 3.11. The molecular formula is C21H26N6O2. The number of aromatic amines is 2. The minimum Gasteiger partial charge on any atom is -0.335 e. The highest BCUT2D eigenvalue weighted by Crippen LogP contribution is 2.12. The van der Waals surface area contributed by atoms with Crippen molar-refractivity contribution in [2.75, 3.05) is 26.2 Å². The third-order valence-electron chi connectivity index (χ3n) is 5.34. The standard InChI is InChI=1S/C21H26N6O2/c1-2-3-6-15-13-18(25-24-15)21(29)27-11-9-26(10-12-27)14-19-22-17-8-5-4-7-16(17)20(28)23-19/h4-5,7-8,13H,2-3,6,9-12,14H2,1H3,(H,24,25)(H,22,23,28). The summed E-state index contributed by atoms with van der Waals surface area (Å²) in [5.41, 5.74) is 2.10. The normalized spacial score (nSPS) is 15.1. The smallest absolute Gasteiger partial charge is 0.274 e. The minimum absolute atomic E-state index is 0.0270. The van der Waals surface area contributed by atoms with E-state index in [9.17, 15) is 9.59 Å². The number of carbonyl (C=O) groups excluding carboxylic acids is 1. The van der Waals surface area contributed by atoms with Crippen LogP contribution in [0.5, 0.6) is 0 Å². The second kappa shape index (κ2) is 8.57. The molecule has 1 aliphatic heterocycles. The van der Waals surface area contributed by atoms with Crippen molar-refractivity contribution >= 4 is 16.8 Å². The number of unbranched alkanes of at least 4 members (excludes halogenated alkanes) is 1. The van der Waals surface area contributed by atoms with Gasteiger partial charge in [0, 0.05) is 31.9 Å². The highest BCUT2D eigenvalue weighted by atomic mass is 16.2. The quantitative estimate of drug-likeness (QED) is 0.666. The van der Waals surface area contributed by atoms with Crippen LogP contribution in [0.1, 0.15) is 41.8 Å². The molecule has 0 bridgehead atoms. The van der Waals surface area contributed by atoms with Gasteiger partial charge in [-0.3, -0.25) is 19.6 Å². The zero-order chi connectivity index (χ0) is 20.2. The number of rotatable bonds is 6. The van der Waals surface area contributed by atoms with Crippen molar-refractivity contribution in [1.82, 2.24) is 30.0 Å². The zero-order valence-corrected chi connectivity index (χ0v) is 16.6. The van der Waals surface area contributed by atoms with Gasteiger partial charge in [-0.05, 0) is 31.0 Å².